The third kappa shape index (κ3) is 4.35. The molecule has 0 saturated carbocycles. The highest BCUT2D eigenvalue weighted by molar-refractivity contribution is 7.90. The minimum atomic E-state index is -3.70. The van der Waals surface area contributed by atoms with Crippen LogP contribution in [0.3, 0.4) is 0 Å². The molecule has 7 nitrogen and oxygen atoms in total. The summed E-state index contributed by atoms with van der Waals surface area (Å²) in [5, 5.41) is 6.08. The van der Waals surface area contributed by atoms with Crippen molar-refractivity contribution in [1.29, 1.82) is 0 Å². The van der Waals surface area contributed by atoms with E-state index in [0.29, 0.717) is 11.3 Å². The van der Waals surface area contributed by atoms with E-state index >= 15 is 0 Å². The summed E-state index contributed by atoms with van der Waals surface area (Å²) < 4.78 is 28.1. The third-order valence-corrected chi connectivity index (χ3v) is 5.47. The highest BCUT2D eigenvalue weighted by atomic mass is 32.2. The molecule has 1 amide bonds. The minimum absolute atomic E-state index is 0.0138. The van der Waals surface area contributed by atoms with Crippen LogP contribution in [0.25, 0.3) is 0 Å². The van der Waals surface area contributed by atoms with Crippen LogP contribution in [-0.2, 0) is 21.4 Å². The lowest BCUT2D eigenvalue weighted by Crippen LogP contribution is -2.34. The Balaban J connectivity index is 1.69. The largest absolute Gasteiger partial charge is 0.349 e. The standard InChI is InChI=1S/C19H22N4O3S/c1-3-20-12-14-7-6-8-15(11-14)21-18(24)13-23(2)19-16-9-4-5-10-17(16)27(25,26)22-19/h4-11,20H,3,12-13H2,1-2H3,(H,21,24). The summed E-state index contributed by atoms with van der Waals surface area (Å²) in [6, 6.07) is 14.2. The number of sulfonamides is 1. The average Bonchev–Trinajstić information content (AvgIpc) is 2.92. The van der Waals surface area contributed by atoms with Gasteiger partial charge in [-0.3, -0.25) is 4.79 Å². The van der Waals surface area contributed by atoms with E-state index in [-0.39, 0.29) is 23.2 Å². The predicted octanol–water partition coefficient (Wildman–Crippen LogP) is 1.82. The van der Waals surface area contributed by atoms with Gasteiger partial charge in [0.05, 0.1) is 6.54 Å². The predicted molar refractivity (Wildman–Crippen MR) is 105 cm³/mol. The molecule has 2 N–H and O–H groups in total. The number of anilines is 1. The van der Waals surface area contributed by atoms with Gasteiger partial charge >= 0.3 is 0 Å². The van der Waals surface area contributed by atoms with Gasteiger partial charge in [0.15, 0.2) is 5.84 Å². The zero-order valence-corrected chi connectivity index (χ0v) is 16.1. The Morgan fingerprint density at radius 1 is 1.15 bits per heavy atom. The first kappa shape index (κ1) is 19.1. The quantitative estimate of drug-likeness (QED) is 0.790. The van der Waals surface area contributed by atoms with Crippen molar-refractivity contribution in [3.63, 3.8) is 0 Å². The van der Waals surface area contributed by atoms with Gasteiger partial charge in [-0.05, 0) is 36.4 Å². The Kier molecular flexibility index (Phi) is 5.57. The smallest absolute Gasteiger partial charge is 0.285 e. The normalized spacial score (nSPS) is 14.4. The summed E-state index contributed by atoms with van der Waals surface area (Å²) in [5.74, 6) is 0.0317. The van der Waals surface area contributed by atoms with Gasteiger partial charge < -0.3 is 15.5 Å². The molecule has 0 aromatic heterocycles. The molecule has 2 aromatic carbocycles. The van der Waals surface area contributed by atoms with Crippen LogP contribution in [0.2, 0.25) is 0 Å². The van der Waals surface area contributed by atoms with Gasteiger partial charge in [-0.25, -0.2) is 0 Å². The van der Waals surface area contributed by atoms with Gasteiger partial charge in [-0.2, -0.15) is 8.42 Å². The molecule has 0 spiro atoms. The summed E-state index contributed by atoms with van der Waals surface area (Å²) >= 11 is 0. The highest BCUT2D eigenvalue weighted by Crippen LogP contribution is 2.26. The van der Waals surface area contributed by atoms with Gasteiger partial charge in [0.25, 0.3) is 10.0 Å². The maximum Gasteiger partial charge on any atom is 0.285 e. The summed E-state index contributed by atoms with van der Waals surface area (Å²) in [7, 11) is -2.05. The average molecular weight is 386 g/mol. The number of amidine groups is 1. The number of hydrogen-bond acceptors (Lipinski definition) is 5. The molecule has 0 radical (unpaired) electrons. The number of nitrogens with zero attached hydrogens (tertiary/aromatic N) is 2. The van der Waals surface area contributed by atoms with E-state index in [9.17, 15) is 13.2 Å². The van der Waals surface area contributed by atoms with E-state index in [1.54, 1.807) is 30.1 Å². The lowest BCUT2D eigenvalue weighted by atomic mass is 10.2. The van der Waals surface area contributed by atoms with Crippen molar-refractivity contribution in [3.05, 3.63) is 59.7 Å². The topological polar surface area (TPSA) is 90.9 Å². The maximum absolute atomic E-state index is 12.4. The molecular weight excluding hydrogens is 364 g/mol. The van der Waals surface area contributed by atoms with E-state index in [1.807, 2.05) is 31.2 Å². The molecule has 0 saturated heterocycles. The van der Waals surface area contributed by atoms with Crippen molar-refractivity contribution in [1.82, 2.24) is 10.2 Å². The number of carbonyl (C=O) groups excluding carboxylic acids is 1. The molecule has 1 aliphatic heterocycles. The van der Waals surface area contributed by atoms with Crippen LogP contribution in [0.4, 0.5) is 5.69 Å². The summed E-state index contributed by atoms with van der Waals surface area (Å²) in [4.78, 5) is 14.1. The number of carbonyl (C=O) groups is 1. The molecule has 0 fully saturated rings. The molecule has 8 heteroatoms. The van der Waals surface area contributed by atoms with Crippen molar-refractivity contribution in [2.75, 3.05) is 25.5 Å². The Labute approximate surface area is 159 Å². The minimum Gasteiger partial charge on any atom is -0.349 e. The number of hydrogen-bond donors (Lipinski definition) is 2. The molecule has 1 heterocycles. The number of rotatable bonds is 6. The second-order valence-electron chi connectivity index (χ2n) is 6.27. The van der Waals surface area contributed by atoms with Gasteiger partial charge in [-0.15, -0.1) is 4.40 Å². The van der Waals surface area contributed by atoms with Crippen LogP contribution in [0.5, 0.6) is 0 Å². The molecule has 142 valence electrons. The Morgan fingerprint density at radius 2 is 1.93 bits per heavy atom. The first-order valence-electron chi connectivity index (χ1n) is 8.65. The van der Waals surface area contributed by atoms with Crippen LogP contribution in [0.15, 0.2) is 57.8 Å². The van der Waals surface area contributed by atoms with Gasteiger partial charge in [-0.1, -0.05) is 31.2 Å². The summed E-state index contributed by atoms with van der Waals surface area (Å²) in [5.41, 5.74) is 2.29. The maximum atomic E-state index is 12.4. The van der Waals surface area contributed by atoms with E-state index in [1.165, 1.54) is 6.07 Å². The zero-order chi connectivity index (χ0) is 19.4. The molecule has 0 atom stereocenters. The molecule has 1 aliphatic rings. The second kappa shape index (κ2) is 7.89. The molecule has 27 heavy (non-hydrogen) atoms. The van der Waals surface area contributed by atoms with E-state index in [0.717, 1.165) is 18.7 Å². The van der Waals surface area contributed by atoms with Gasteiger partial charge in [0, 0.05) is 24.8 Å². The summed E-state index contributed by atoms with van der Waals surface area (Å²) in [6.45, 7) is 3.62. The number of amides is 1. The van der Waals surface area contributed by atoms with Crippen molar-refractivity contribution >= 4 is 27.5 Å². The van der Waals surface area contributed by atoms with Gasteiger partial charge in [0.1, 0.15) is 4.90 Å². The molecule has 0 bridgehead atoms. The fourth-order valence-corrected chi connectivity index (χ4v) is 4.13. The van der Waals surface area contributed by atoms with E-state index in [4.69, 9.17) is 0 Å². The lowest BCUT2D eigenvalue weighted by molar-refractivity contribution is -0.116. The SMILES string of the molecule is CCNCc1cccc(NC(=O)CN(C)C2=NS(=O)(=O)c3ccccc32)c1. The number of nitrogens with one attached hydrogen (secondary N) is 2. The van der Waals surface area contributed by atoms with Crippen molar-refractivity contribution in [3.8, 4) is 0 Å². The van der Waals surface area contributed by atoms with Crippen molar-refractivity contribution < 1.29 is 13.2 Å². The number of fused-ring (bicyclic) bond motifs is 1. The fourth-order valence-electron chi connectivity index (χ4n) is 2.88. The third-order valence-electron chi connectivity index (χ3n) is 4.14. The van der Waals surface area contributed by atoms with E-state index < -0.39 is 10.0 Å². The summed E-state index contributed by atoms with van der Waals surface area (Å²) in [6.07, 6.45) is 0. The van der Waals surface area contributed by atoms with Gasteiger partial charge in [0.2, 0.25) is 5.91 Å². The van der Waals surface area contributed by atoms with Crippen molar-refractivity contribution in [2.24, 2.45) is 4.40 Å². The van der Waals surface area contributed by atoms with Crippen LogP contribution >= 0.6 is 0 Å². The van der Waals surface area contributed by atoms with Crippen LogP contribution in [0, 0.1) is 0 Å². The van der Waals surface area contributed by atoms with E-state index in [2.05, 4.69) is 15.0 Å². The first-order chi connectivity index (χ1) is 12.9. The Morgan fingerprint density at radius 3 is 2.70 bits per heavy atom. The number of benzene rings is 2. The molecule has 0 aliphatic carbocycles. The monoisotopic (exact) mass is 386 g/mol. The zero-order valence-electron chi connectivity index (χ0n) is 15.3. The number of likely N-dealkylation sites (N-methyl/N-ethyl adjacent to an activating group) is 1. The highest BCUT2D eigenvalue weighted by Gasteiger charge is 2.30. The lowest BCUT2D eigenvalue weighted by Gasteiger charge is -2.18. The molecule has 3 rings (SSSR count). The second-order valence-corrected chi connectivity index (χ2v) is 7.84. The fraction of sp³-hybridized carbons (Fsp3) is 0.263. The molecule has 2 aromatic rings. The molecular formula is C19H22N4O3S. The first-order valence-corrected chi connectivity index (χ1v) is 10.1. The molecule has 0 unspecified atom stereocenters. The van der Waals surface area contributed by atoms with Crippen LogP contribution < -0.4 is 10.6 Å². The van der Waals surface area contributed by atoms with Crippen molar-refractivity contribution in [2.45, 2.75) is 18.4 Å². The Bertz CT molecular complexity index is 986. The van der Waals surface area contributed by atoms with Crippen LogP contribution in [0.1, 0.15) is 18.1 Å². The van der Waals surface area contributed by atoms with Crippen LogP contribution in [-0.4, -0.2) is 45.2 Å². The Hall–Kier alpha value is -2.71.